The zero-order valence-corrected chi connectivity index (χ0v) is 30.0. The van der Waals surface area contributed by atoms with Crippen LogP contribution >= 0.6 is 15.9 Å². The van der Waals surface area contributed by atoms with Gasteiger partial charge in [-0.25, -0.2) is 8.42 Å². The number of hydrogen-bond acceptors (Lipinski definition) is 4. The molecule has 1 N–H and O–H groups in total. The highest BCUT2D eigenvalue weighted by Crippen LogP contribution is 2.33. The molecule has 0 spiro atoms. The van der Waals surface area contributed by atoms with Crippen molar-refractivity contribution in [1.29, 1.82) is 0 Å². The van der Waals surface area contributed by atoms with Gasteiger partial charge in [0, 0.05) is 23.5 Å². The number of benzene rings is 4. The van der Waals surface area contributed by atoms with E-state index < -0.39 is 40.3 Å². The minimum absolute atomic E-state index is 0.0529. The van der Waals surface area contributed by atoms with Crippen LogP contribution in [0, 0.1) is 6.92 Å². The summed E-state index contributed by atoms with van der Waals surface area (Å²) in [6.45, 7) is 0.870. The Kier molecular flexibility index (Phi) is 12.1. The predicted molar refractivity (Wildman–Crippen MR) is 191 cm³/mol. The normalized spacial score (nSPS) is 14.5. The number of aryl methyl sites for hydroxylation is 1. The molecule has 1 aliphatic rings. The number of hydrogen-bond donors (Lipinski definition) is 1. The SMILES string of the molecule is Cc1ccc(S(=O)(=O)N(CC(=O)N(Cc2ccc(Br)cc2)[C@@H](Cc2ccccc2)C(=O)NC2CCCCC2)c2cccc(C(F)(F)F)c2)cc1. The molecular formula is C38H39BrF3N3O4S. The van der Waals surface area contributed by atoms with Crippen molar-refractivity contribution < 1.29 is 31.2 Å². The topological polar surface area (TPSA) is 86.8 Å². The summed E-state index contributed by atoms with van der Waals surface area (Å²) in [6.07, 6.45) is 0.0120. The molecule has 1 saturated carbocycles. The van der Waals surface area contributed by atoms with Crippen LogP contribution in [0.15, 0.2) is 112 Å². The van der Waals surface area contributed by atoms with E-state index in [9.17, 15) is 31.2 Å². The first-order chi connectivity index (χ1) is 23.8. The second kappa shape index (κ2) is 16.2. The minimum atomic E-state index is -4.76. The lowest BCUT2D eigenvalue weighted by atomic mass is 9.94. The average Bonchev–Trinajstić information content (AvgIpc) is 3.10. The third-order valence-corrected chi connectivity index (χ3v) is 11.2. The van der Waals surface area contributed by atoms with Gasteiger partial charge >= 0.3 is 6.18 Å². The number of alkyl halides is 3. The van der Waals surface area contributed by atoms with Gasteiger partial charge in [0.05, 0.1) is 16.1 Å². The average molecular weight is 771 g/mol. The quantitative estimate of drug-likeness (QED) is 0.158. The molecule has 264 valence electrons. The van der Waals surface area contributed by atoms with E-state index in [0.29, 0.717) is 9.87 Å². The van der Waals surface area contributed by atoms with Crippen molar-refractivity contribution in [3.05, 3.63) is 130 Å². The van der Waals surface area contributed by atoms with Crippen LogP contribution in [0.5, 0.6) is 0 Å². The highest BCUT2D eigenvalue weighted by Gasteiger charge is 2.37. The summed E-state index contributed by atoms with van der Waals surface area (Å²) in [5.41, 5.74) is 0.846. The van der Waals surface area contributed by atoms with Gasteiger partial charge in [-0.1, -0.05) is 101 Å². The summed E-state index contributed by atoms with van der Waals surface area (Å²) in [5.74, 6) is -1.13. The Morgan fingerprint density at radius 1 is 0.860 bits per heavy atom. The van der Waals surface area contributed by atoms with Crippen LogP contribution in [0.1, 0.15) is 54.4 Å². The van der Waals surface area contributed by atoms with Crippen LogP contribution in [0.3, 0.4) is 0 Å². The molecule has 0 heterocycles. The Morgan fingerprint density at radius 2 is 1.52 bits per heavy atom. The minimum Gasteiger partial charge on any atom is -0.352 e. The first-order valence-electron chi connectivity index (χ1n) is 16.5. The van der Waals surface area contributed by atoms with E-state index in [1.807, 2.05) is 30.3 Å². The molecule has 1 aliphatic carbocycles. The van der Waals surface area contributed by atoms with Gasteiger partial charge in [0.2, 0.25) is 11.8 Å². The largest absolute Gasteiger partial charge is 0.416 e. The standard InChI is InChI=1S/C38H39BrF3N3O4S/c1-27-15-21-34(22-16-27)50(48,49)45(33-14-8-11-30(24-33)38(40,41)42)26-36(46)44(25-29-17-19-31(39)20-18-29)35(23-28-9-4-2-5-10-28)37(47)43-32-12-6-3-7-13-32/h2,4-5,8-11,14-22,24,32,35H,3,6-7,12-13,23,25-26H2,1H3,(H,43,47)/t35-/m0/s1. The fourth-order valence-electron chi connectivity index (χ4n) is 6.09. The van der Waals surface area contributed by atoms with Gasteiger partial charge in [-0.2, -0.15) is 13.2 Å². The first kappa shape index (κ1) is 37.1. The van der Waals surface area contributed by atoms with Crippen LogP contribution in [-0.2, 0) is 38.8 Å². The van der Waals surface area contributed by atoms with Crippen LogP contribution in [0.25, 0.3) is 0 Å². The molecule has 0 saturated heterocycles. The molecule has 7 nitrogen and oxygen atoms in total. The van der Waals surface area contributed by atoms with Crippen molar-refractivity contribution >= 4 is 43.5 Å². The lowest BCUT2D eigenvalue weighted by molar-refractivity contribution is -0.140. The molecule has 0 radical (unpaired) electrons. The number of halogens is 4. The third-order valence-electron chi connectivity index (χ3n) is 8.84. The monoisotopic (exact) mass is 769 g/mol. The van der Waals surface area contributed by atoms with E-state index in [1.165, 1.54) is 23.1 Å². The molecule has 5 rings (SSSR count). The fraction of sp³-hybridized carbons (Fsp3) is 0.316. The Morgan fingerprint density at radius 3 is 2.16 bits per heavy atom. The van der Waals surface area contributed by atoms with Crippen molar-refractivity contribution in [3.63, 3.8) is 0 Å². The zero-order valence-electron chi connectivity index (χ0n) is 27.6. The second-order valence-corrected chi connectivity index (χ2v) is 15.3. The van der Waals surface area contributed by atoms with Gasteiger partial charge in [-0.3, -0.25) is 13.9 Å². The maximum atomic E-state index is 14.6. The van der Waals surface area contributed by atoms with Gasteiger partial charge in [0.25, 0.3) is 10.0 Å². The van der Waals surface area contributed by atoms with E-state index in [-0.39, 0.29) is 35.5 Å². The molecule has 0 aliphatic heterocycles. The summed E-state index contributed by atoms with van der Waals surface area (Å²) in [5, 5.41) is 3.14. The van der Waals surface area contributed by atoms with Crippen LogP contribution in [0.4, 0.5) is 18.9 Å². The Bertz CT molecular complexity index is 1870. The maximum absolute atomic E-state index is 14.6. The number of sulfonamides is 1. The van der Waals surface area contributed by atoms with Crippen LogP contribution < -0.4 is 9.62 Å². The molecular weight excluding hydrogens is 731 g/mol. The van der Waals surface area contributed by atoms with E-state index in [4.69, 9.17) is 0 Å². The number of nitrogens with zero attached hydrogens (tertiary/aromatic N) is 2. The Hall–Kier alpha value is -4.16. The van der Waals surface area contributed by atoms with Gasteiger partial charge in [-0.05, 0) is 73.4 Å². The number of nitrogens with one attached hydrogen (secondary N) is 1. The Balaban J connectivity index is 1.59. The molecule has 1 fully saturated rings. The van der Waals surface area contributed by atoms with Crippen molar-refractivity contribution in [2.75, 3.05) is 10.8 Å². The lowest BCUT2D eigenvalue weighted by Crippen LogP contribution is -2.55. The molecule has 0 unspecified atom stereocenters. The first-order valence-corrected chi connectivity index (χ1v) is 18.7. The summed E-state index contributed by atoms with van der Waals surface area (Å²) in [4.78, 5) is 30.0. The predicted octanol–water partition coefficient (Wildman–Crippen LogP) is 8.06. The Labute approximate surface area is 299 Å². The lowest BCUT2D eigenvalue weighted by Gasteiger charge is -2.35. The number of anilines is 1. The summed E-state index contributed by atoms with van der Waals surface area (Å²) in [7, 11) is -4.56. The number of rotatable bonds is 12. The third kappa shape index (κ3) is 9.54. The van der Waals surface area contributed by atoms with Gasteiger partial charge in [0.15, 0.2) is 0 Å². The van der Waals surface area contributed by atoms with E-state index >= 15 is 0 Å². The van der Waals surface area contributed by atoms with Crippen molar-refractivity contribution in [2.45, 2.75) is 75.1 Å². The highest BCUT2D eigenvalue weighted by molar-refractivity contribution is 9.10. The van der Waals surface area contributed by atoms with E-state index in [1.54, 1.807) is 43.3 Å². The molecule has 0 aromatic heterocycles. The molecule has 1 atom stereocenters. The smallest absolute Gasteiger partial charge is 0.352 e. The van der Waals surface area contributed by atoms with Crippen molar-refractivity contribution in [2.24, 2.45) is 0 Å². The number of carbonyl (C=O) groups is 2. The molecule has 50 heavy (non-hydrogen) atoms. The summed E-state index contributed by atoms with van der Waals surface area (Å²) < 4.78 is 71.5. The van der Waals surface area contributed by atoms with Crippen molar-refractivity contribution in [1.82, 2.24) is 10.2 Å². The number of carbonyl (C=O) groups excluding carboxylic acids is 2. The van der Waals surface area contributed by atoms with E-state index in [2.05, 4.69) is 21.2 Å². The molecule has 4 aromatic carbocycles. The van der Waals surface area contributed by atoms with Crippen LogP contribution in [-0.4, -0.2) is 43.8 Å². The van der Waals surface area contributed by atoms with Crippen LogP contribution in [0.2, 0.25) is 0 Å². The molecule has 2 amide bonds. The maximum Gasteiger partial charge on any atom is 0.416 e. The highest BCUT2D eigenvalue weighted by atomic mass is 79.9. The second-order valence-electron chi connectivity index (χ2n) is 12.6. The van der Waals surface area contributed by atoms with Gasteiger partial charge < -0.3 is 10.2 Å². The summed E-state index contributed by atoms with van der Waals surface area (Å²) in [6, 6.07) is 25.0. The van der Waals surface area contributed by atoms with Gasteiger partial charge in [-0.15, -0.1) is 0 Å². The molecule has 12 heteroatoms. The van der Waals surface area contributed by atoms with Crippen molar-refractivity contribution in [3.8, 4) is 0 Å². The molecule has 0 bridgehead atoms. The number of amides is 2. The van der Waals surface area contributed by atoms with Gasteiger partial charge in [0.1, 0.15) is 12.6 Å². The zero-order chi connectivity index (χ0) is 35.9. The van der Waals surface area contributed by atoms with E-state index in [0.717, 1.165) is 65.9 Å². The summed E-state index contributed by atoms with van der Waals surface area (Å²) >= 11 is 3.42. The molecule has 4 aromatic rings. The fourth-order valence-corrected chi connectivity index (χ4v) is 7.76.